The van der Waals surface area contributed by atoms with E-state index in [1.54, 1.807) is 6.07 Å². The molecular formula is C16H18FNO3. The Balaban J connectivity index is 2.03. The summed E-state index contributed by atoms with van der Waals surface area (Å²) in [5.74, 6) is -1.83. The van der Waals surface area contributed by atoms with E-state index in [0.717, 1.165) is 38.2 Å². The number of carbonyl (C=O) groups excluding carboxylic acids is 1. The lowest BCUT2D eigenvalue weighted by Crippen LogP contribution is -2.25. The first-order chi connectivity index (χ1) is 10.1. The van der Waals surface area contributed by atoms with Crippen molar-refractivity contribution >= 4 is 23.6 Å². The second-order valence-corrected chi connectivity index (χ2v) is 5.24. The first-order valence-corrected chi connectivity index (χ1v) is 7.07. The van der Waals surface area contributed by atoms with Crippen molar-refractivity contribution in [3.8, 4) is 0 Å². The minimum atomic E-state index is -1.09. The highest BCUT2D eigenvalue weighted by molar-refractivity contribution is 5.93. The number of nitrogens with one attached hydrogen (secondary N) is 1. The fraction of sp³-hybridized carbons (Fsp3) is 0.375. The van der Waals surface area contributed by atoms with Crippen LogP contribution in [0.15, 0.2) is 24.3 Å². The van der Waals surface area contributed by atoms with Crippen LogP contribution in [0, 0.1) is 11.7 Å². The Morgan fingerprint density at radius 1 is 1.24 bits per heavy atom. The van der Waals surface area contributed by atoms with Gasteiger partial charge in [-0.25, -0.2) is 9.18 Å². The molecule has 0 saturated heterocycles. The summed E-state index contributed by atoms with van der Waals surface area (Å²) in [6.07, 6.45) is 7.19. The Kier molecular flexibility index (Phi) is 5.09. The molecule has 1 fully saturated rings. The van der Waals surface area contributed by atoms with Gasteiger partial charge in [0, 0.05) is 12.0 Å². The summed E-state index contributed by atoms with van der Waals surface area (Å²) in [6, 6.07) is 4.23. The summed E-state index contributed by atoms with van der Waals surface area (Å²) in [6.45, 7) is 0. The van der Waals surface area contributed by atoms with Crippen molar-refractivity contribution in [2.75, 3.05) is 5.32 Å². The van der Waals surface area contributed by atoms with E-state index in [9.17, 15) is 14.0 Å². The predicted octanol–water partition coefficient (Wildman–Crippen LogP) is 3.44. The van der Waals surface area contributed by atoms with Crippen molar-refractivity contribution in [3.05, 3.63) is 35.7 Å². The Bertz CT molecular complexity index is 563. The van der Waals surface area contributed by atoms with Crippen molar-refractivity contribution in [1.82, 2.24) is 0 Å². The van der Waals surface area contributed by atoms with Crippen molar-refractivity contribution in [2.24, 2.45) is 5.92 Å². The van der Waals surface area contributed by atoms with Crippen molar-refractivity contribution in [1.29, 1.82) is 0 Å². The maximum atomic E-state index is 13.9. The predicted molar refractivity (Wildman–Crippen MR) is 78.3 cm³/mol. The molecule has 112 valence electrons. The third-order valence-electron chi connectivity index (χ3n) is 3.65. The molecule has 1 aromatic carbocycles. The molecule has 2 N–H and O–H groups in total. The number of carbonyl (C=O) groups is 2. The number of amides is 1. The van der Waals surface area contributed by atoms with Gasteiger partial charge in [0.15, 0.2) is 0 Å². The van der Waals surface area contributed by atoms with Crippen molar-refractivity contribution in [2.45, 2.75) is 32.1 Å². The summed E-state index contributed by atoms with van der Waals surface area (Å²) in [7, 11) is 0. The monoisotopic (exact) mass is 291 g/mol. The number of aliphatic carboxylic acids is 1. The molecule has 2 rings (SSSR count). The molecule has 0 unspecified atom stereocenters. The van der Waals surface area contributed by atoms with Crippen LogP contribution >= 0.6 is 0 Å². The molecule has 0 bridgehead atoms. The highest BCUT2D eigenvalue weighted by Gasteiger charge is 2.21. The molecule has 0 aromatic heterocycles. The van der Waals surface area contributed by atoms with Crippen LogP contribution in [0.2, 0.25) is 0 Å². The first-order valence-electron chi connectivity index (χ1n) is 7.07. The van der Waals surface area contributed by atoms with Crippen LogP contribution in [0.5, 0.6) is 0 Å². The maximum absolute atomic E-state index is 13.9. The normalized spacial score (nSPS) is 16.0. The van der Waals surface area contributed by atoms with Gasteiger partial charge >= 0.3 is 5.97 Å². The highest BCUT2D eigenvalue weighted by Crippen LogP contribution is 2.25. The number of hydrogen-bond donors (Lipinski definition) is 2. The minimum absolute atomic E-state index is 0.0373. The molecule has 0 heterocycles. The number of benzene rings is 1. The smallest absolute Gasteiger partial charge is 0.328 e. The SMILES string of the molecule is O=C(O)C=Cc1ccc(NC(=O)C2CCCCC2)c(F)c1. The quantitative estimate of drug-likeness (QED) is 0.835. The molecule has 21 heavy (non-hydrogen) atoms. The molecule has 1 aliphatic carbocycles. The van der Waals surface area contributed by atoms with Crippen molar-refractivity contribution < 1.29 is 19.1 Å². The van der Waals surface area contributed by atoms with Crippen LogP contribution in [-0.4, -0.2) is 17.0 Å². The van der Waals surface area contributed by atoms with Gasteiger partial charge in [0.2, 0.25) is 5.91 Å². The van der Waals surface area contributed by atoms with Crippen LogP contribution < -0.4 is 5.32 Å². The highest BCUT2D eigenvalue weighted by atomic mass is 19.1. The lowest BCUT2D eigenvalue weighted by molar-refractivity contribution is -0.131. The zero-order chi connectivity index (χ0) is 15.2. The van der Waals surface area contributed by atoms with E-state index in [0.29, 0.717) is 5.56 Å². The van der Waals surface area contributed by atoms with Gasteiger partial charge in [-0.15, -0.1) is 0 Å². The summed E-state index contributed by atoms with van der Waals surface area (Å²) in [4.78, 5) is 22.5. The van der Waals surface area contributed by atoms with Crippen LogP contribution in [-0.2, 0) is 9.59 Å². The van der Waals surface area contributed by atoms with Gasteiger partial charge in [-0.2, -0.15) is 0 Å². The fourth-order valence-electron chi connectivity index (χ4n) is 2.50. The third kappa shape index (κ3) is 4.41. The van der Waals surface area contributed by atoms with Gasteiger partial charge in [0.1, 0.15) is 5.82 Å². The van der Waals surface area contributed by atoms with E-state index < -0.39 is 11.8 Å². The van der Waals surface area contributed by atoms with Crippen LogP contribution in [0.25, 0.3) is 6.08 Å². The summed E-state index contributed by atoms with van der Waals surface area (Å²) in [5.41, 5.74) is 0.573. The van der Waals surface area contributed by atoms with Gasteiger partial charge in [-0.05, 0) is 36.6 Å². The molecule has 0 spiro atoms. The topological polar surface area (TPSA) is 66.4 Å². The zero-order valence-corrected chi connectivity index (χ0v) is 11.6. The summed E-state index contributed by atoms with van der Waals surface area (Å²) < 4.78 is 13.9. The number of carboxylic acid groups (broad SMARTS) is 1. The number of anilines is 1. The number of rotatable bonds is 4. The van der Waals surface area contributed by atoms with Gasteiger partial charge in [-0.1, -0.05) is 25.3 Å². The molecule has 1 saturated carbocycles. The maximum Gasteiger partial charge on any atom is 0.328 e. The molecule has 1 aliphatic rings. The lowest BCUT2D eigenvalue weighted by Gasteiger charge is -2.20. The lowest BCUT2D eigenvalue weighted by atomic mass is 9.88. The fourth-order valence-corrected chi connectivity index (χ4v) is 2.50. The van der Waals surface area contributed by atoms with E-state index in [1.165, 1.54) is 18.2 Å². The van der Waals surface area contributed by atoms with Crippen LogP contribution in [0.1, 0.15) is 37.7 Å². The average molecular weight is 291 g/mol. The minimum Gasteiger partial charge on any atom is -0.478 e. The van der Waals surface area contributed by atoms with Gasteiger partial charge in [0.05, 0.1) is 5.69 Å². The molecule has 0 atom stereocenters. The Morgan fingerprint density at radius 3 is 2.57 bits per heavy atom. The molecule has 1 aromatic rings. The van der Waals surface area contributed by atoms with E-state index in [4.69, 9.17) is 5.11 Å². The second-order valence-electron chi connectivity index (χ2n) is 5.24. The van der Waals surface area contributed by atoms with Crippen LogP contribution in [0.4, 0.5) is 10.1 Å². The number of carboxylic acids is 1. The molecule has 0 aliphatic heterocycles. The van der Waals surface area contributed by atoms with Gasteiger partial charge in [0.25, 0.3) is 0 Å². The molecule has 4 nitrogen and oxygen atoms in total. The number of halogens is 1. The Hall–Kier alpha value is -2.17. The largest absolute Gasteiger partial charge is 0.478 e. The summed E-state index contributed by atoms with van der Waals surface area (Å²) >= 11 is 0. The van der Waals surface area contributed by atoms with E-state index in [2.05, 4.69) is 5.32 Å². The molecular weight excluding hydrogens is 273 g/mol. The van der Waals surface area contributed by atoms with E-state index in [1.807, 2.05) is 0 Å². The molecule has 1 amide bonds. The third-order valence-corrected chi connectivity index (χ3v) is 3.65. The van der Waals surface area contributed by atoms with Gasteiger partial charge in [-0.3, -0.25) is 4.79 Å². The van der Waals surface area contributed by atoms with E-state index in [-0.39, 0.29) is 17.5 Å². The number of hydrogen-bond acceptors (Lipinski definition) is 2. The Labute approximate surface area is 122 Å². The standard InChI is InChI=1S/C16H18FNO3/c17-13-10-11(7-9-15(19)20)6-8-14(13)18-16(21)12-4-2-1-3-5-12/h6-10,12H,1-5H2,(H,18,21)(H,19,20). The average Bonchev–Trinajstić information content (AvgIpc) is 2.48. The van der Waals surface area contributed by atoms with Crippen LogP contribution in [0.3, 0.4) is 0 Å². The summed E-state index contributed by atoms with van der Waals surface area (Å²) in [5, 5.41) is 11.1. The second kappa shape index (κ2) is 7.02. The van der Waals surface area contributed by atoms with E-state index >= 15 is 0 Å². The van der Waals surface area contributed by atoms with Crippen molar-refractivity contribution in [3.63, 3.8) is 0 Å². The molecule has 0 radical (unpaired) electrons. The Morgan fingerprint density at radius 2 is 1.95 bits per heavy atom. The first kappa shape index (κ1) is 15.2. The van der Waals surface area contributed by atoms with Gasteiger partial charge < -0.3 is 10.4 Å². The zero-order valence-electron chi connectivity index (χ0n) is 11.6. The molecule has 5 heteroatoms.